The number of hydrogen-bond acceptors (Lipinski definition) is 4. The molecule has 6 nitrogen and oxygen atoms in total. The Labute approximate surface area is 122 Å². The van der Waals surface area contributed by atoms with E-state index in [1.165, 1.54) is 13.2 Å². The van der Waals surface area contributed by atoms with E-state index in [-0.39, 0.29) is 11.1 Å². The summed E-state index contributed by atoms with van der Waals surface area (Å²) in [5, 5.41) is 9.29. The zero-order valence-corrected chi connectivity index (χ0v) is 12.5. The minimum Gasteiger partial charge on any atom is -0.476 e. The first-order valence-corrected chi connectivity index (χ1v) is 6.55. The van der Waals surface area contributed by atoms with Crippen LogP contribution >= 0.6 is 0 Å². The van der Waals surface area contributed by atoms with Crippen LogP contribution in [0.4, 0.5) is 0 Å². The lowest BCUT2D eigenvalue weighted by Gasteiger charge is -2.16. The van der Waals surface area contributed by atoms with Gasteiger partial charge in [-0.15, -0.1) is 0 Å². The van der Waals surface area contributed by atoms with Gasteiger partial charge in [0.05, 0.1) is 18.2 Å². The normalized spacial score (nSPS) is 11.6. The summed E-state index contributed by atoms with van der Waals surface area (Å²) in [5.41, 5.74) is 0.609. The molecule has 0 aliphatic rings. The summed E-state index contributed by atoms with van der Waals surface area (Å²) in [6.45, 7) is 6.16. The lowest BCUT2D eigenvalue weighted by atomic mass is 9.92. The van der Waals surface area contributed by atoms with Crippen LogP contribution < -0.4 is 0 Å². The van der Waals surface area contributed by atoms with Crippen molar-refractivity contribution in [2.24, 2.45) is 5.41 Å². The van der Waals surface area contributed by atoms with Gasteiger partial charge in [0, 0.05) is 12.6 Å². The van der Waals surface area contributed by atoms with Gasteiger partial charge in [-0.25, -0.2) is 14.6 Å². The molecule has 0 aliphatic heterocycles. The first-order chi connectivity index (χ1) is 9.73. The number of aromatic nitrogens is 2. The van der Waals surface area contributed by atoms with Crippen LogP contribution in [0.2, 0.25) is 0 Å². The van der Waals surface area contributed by atoms with Crippen molar-refractivity contribution in [2.75, 3.05) is 7.11 Å². The quantitative estimate of drug-likeness (QED) is 0.878. The molecular weight excluding hydrogens is 272 g/mol. The predicted molar refractivity (Wildman–Crippen MR) is 76.6 cm³/mol. The Morgan fingerprint density at radius 3 is 2.57 bits per heavy atom. The van der Waals surface area contributed by atoms with Gasteiger partial charge in [0.1, 0.15) is 5.82 Å². The van der Waals surface area contributed by atoms with Crippen molar-refractivity contribution >= 4 is 17.5 Å². The molecule has 0 amide bonds. The first-order valence-electron chi connectivity index (χ1n) is 6.55. The van der Waals surface area contributed by atoms with E-state index in [0.717, 1.165) is 0 Å². The second-order valence-corrected chi connectivity index (χ2v) is 6.08. The van der Waals surface area contributed by atoms with Gasteiger partial charge in [-0.1, -0.05) is 20.8 Å². The standard InChI is InChI=1S/C15H18N2O4/c1-15(2,3)8-11-16-12(13(18)19)10-7-9(14(20)21-4)5-6-17(10)11/h5-7H,8H2,1-4H3,(H,18,19). The van der Waals surface area contributed by atoms with Gasteiger partial charge in [0.15, 0.2) is 5.69 Å². The first kappa shape index (κ1) is 15.0. The Balaban J connectivity index is 2.64. The highest BCUT2D eigenvalue weighted by Crippen LogP contribution is 2.23. The minimum atomic E-state index is -1.12. The highest BCUT2D eigenvalue weighted by atomic mass is 16.5. The van der Waals surface area contributed by atoms with Crippen molar-refractivity contribution in [2.45, 2.75) is 27.2 Å². The molecule has 6 heteroatoms. The van der Waals surface area contributed by atoms with Crippen LogP contribution in [-0.4, -0.2) is 33.5 Å². The lowest BCUT2D eigenvalue weighted by molar-refractivity contribution is 0.0599. The predicted octanol–water partition coefficient (Wildman–Crippen LogP) is 2.41. The fraction of sp³-hybridized carbons (Fsp3) is 0.400. The summed E-state index contributed by atoms with van der Waals surface area (Å²) in [7, 11) is 1.28. The Kier molecular flexibility index (Phi) is 3.72. The molecule has 0 bridgehead atoms. The summed E-state index contributed by atoms with van der Waals surface area (Å²) < 4.78 is 6.37. The number of methoxy groups -OCH3 is 1. The van der Waals surface area contributed by atoms with E-state index in [4.69, 9.17) is 0 Å². The van der Waals surface area contributed by atoms with E-state index < -0.39 is 11.9 Å². The SMILES string of the molecule is COC(=O)c1ccn2c(CC(C)(C)C)nc(C(=O)O)c2c1. The van der Waals surface area contributed by atoms with Gasteiger partial charge < -0.3 is 14.2 Å². The highest BCUT2D eigenvalue weighted by Gasteiger charge is 2.22. The fourth-order valence-corrected chi connectivity index (χ4v) is 2.15. The number of aromatic carboxylic acids is 1. The van der Waals surface area contributed by atoms with E-state index in [0.29, 0.717) is 23.3 Å². The Hall–Kier alpha value is -2.37. The molecule has 21 heavy (non-hydrogen) atoms. The van der Waals surface area contributed by atoms with Gasteiger partial charge >= 0.3 is 11.9 Å². The van der Waals surface area contributed by atoms with Crippen molar-refractivity contribution in [3.05, 3.63) is 35.4 Å². The third-order valence-corrected chi connectivity index (χ3v) is 3.03. The average Bonchev–Trinajstić information content (AvgIpc) is 2.74. The molecule has 0 fully saturated rings. The molecule has 0 spiro atoms. The summed E-state index contributed by atoms with van der Waals surface area (Å²) in [5.74, 6) is -0.964. The molecule has 1 N–H and O–H groups in total. The number of ether oxygens (including phenoxy) is 1. The number of pyridine rings is 1. The van der Waals surface area contributed by atoms with Crippen LogP contribution in [0.1, 0.15) is 47.4 Å². The van der Waals surface area contributed by atoms with Crippen LogP contribution in [0.5, 0.6) is 0 Å². The van der Waals surface area contributed by atoms with Crippen LogP contribution in [-0.2, 0) is 11.2 Å². The van der Waals surface area contributed by atoms with Crippen LogP contribution in [0.15, 0.2) is 18.3 Å². The summed E-state index contributed by atoms with van der Waals surface area (Å²) in [4.78, 5) is 27.1. The van der Waals surface area contributed by atoms with Crippen molar-refractivity contribution in [1.29, 1.82) is 0 Å². The molecule has 0 aromatic carbocycles. The molecule has 0 aliphatic carbocycles. The topological polar surface area (TPSA) is 80.9 Å². The molecule has 0 saturated carbocycles. The maximum Gasteiger partial charge on any atom is 0.356 e. The third kappa shape index (κ3) is 3.04. The van der Waals surface area contributed by atoms with Gasteiger partial charge in [0.2, 0.25) is 0 Å². The van der Waals surface area contributed by atoms with Crippen molar-refractivity contribution in [3.63, 3.8) is 0 Å². The number of nitrogens with zero attached hydrogens (tertiary/aromatic N) is 2. The number of carboxylic acids is 1. The number of carboxylic acid groups (broad SMARTS) is 1. The number of carbonyl (C=O) groups excluding carboxylic acids is 1. The van der Waals surface area contributed by atoms with Crippen LogP contribution in [0.25, 0.3) is 5.52 Å². The number of esters is 1. The van der Waals surface area contributed by atoms with Gasteiger partial charge in [-0.3, -0.25) is 0 Å². The molecule has 112 valence electrons. The molecule has 0 saturated heterocycles. The minimum absolute atomic E-state index is 0.0297. The largest absolute Gasteiger partial charge is 0.476 e. The maximum atomic E-state index is 11.6. The number of fused-ring (bicyclic) bond motifs is 1. The summed E-state index contributed by atoms with van der Waals surface area (Å²) in [6.07, 6.45) is 2.28. The smallest absolute Gasteiger partial charge is 0.356 e. The van der Waals surface area contributed by atoms with E-state index >= 15 is 0 Å². The summed E-state index contributed by atoms with van der Waals surface area (Å²) in [6, 6.07) is 3.09. The van der Waals surface area contributed by atoms with E-state index in [1.54, 1.807) is 16.7 Å². The number of rotatable bonds is 3. The van der Waals surface area contributed by atoms with E-state index in [9.17, 15) is 14.7 Å². The van der Waals surface area contributed by atoms with Gasteiger partial charge in [0.25, 0.3) is 0 Å². The summed E-state index contributed by atoms with van der Waals surface area (Å²) >= 11 is 0. The monoisotopic (exact) mass is 290 g/mol. The number of hydrogen-bond donors (Lipinski definition) is 1. The molecular formula is C15H18N2O4. The Morgan fingerprint density at radius 1 is 1.38 bits per heavy atom. The molecule has 0 radical (unpaired) electrons. The molecule has 2 rings (SSSR count). The fourth-order valence-electron chi connectivity index (χ4n) is 2.15. The van der Waals surface area contributed by atoms with E-state index in [2.05, 4.69) is 30.5 Å². The van der Waals surface area contributed by atoms with Crippen molar-refractivity contribution in [1.82, 2.24) is 9.38 Å². The van der Waals surface area contributed by atoms with Crippen LogP contribution in [0.3, 0.4) is 0 Å². The van der Waals surface area contributed by atoms with Gasteiger partial charge in [-0.05, 0) is 17.5 Å². The zero-order chi connectivity index (χ0) is 15.8. The van der Waals surface area contributed by atoms with E-state index in [1.807, 2.05) is 0 Å². The number of imidazole rings is 1. The lowest BCUT2D eigenvalue weighted by Crippen LogP contribution is -2.12. The van der Waals surface area contributed by atoms with Crippen molar-refractivity contribution in [3.8, 4) is 0 Å². The Bertz CT molecular complexity index is 710. The second-order valence-electron chi connectivity index (χ2n) is 6.08. The molecule has 2 heterocycles. The Morgan fingerprint density at radius 2 is 2.05 bits per heavy atom. The maximum absolute atomic E-state index is 11.6. The van der Waals surface area contributed by atoms with Crippen LogP contribution in [0, 0.1) is 5.41 Å². The molecule has 2 aromatic rings. The zero-order valence-electron chi connectivity index (χ0n) is 12.5. The molecule has 0 atom stereocenters. The second kappa shape index (κ2) is 5.20. The van der Waals surface area contributed by atoms with Gasteiger partial charge in [-0.2, -0.15) is 0 Å². The average molecular weight is 290 g/mol. The third-order valence-electron chi connectivity index (χ3n) is 3.03. The number of carbonyl (C=O) groups is 2. The highest BCUT2D eigenvalue weighted by molar-refractivity contribution is 5.96. The molecule has 0 unspecified atom stereocenters. The van der Waals surface area contributed by atoms with Crippen molar-refractivity contribution < 1.29 is 19.4 Å². The molecule has 2 aromatic heterocycles.